The Morgan fingerprint density at radius 1 is 1.35 bits per heavy atom. The summed E-state index contributed by atoms with van der Waals surface area (Å²) in [6.07, 6.45) is 2.08. The summed E-state index contributed by atoms with van der Waals surface area (Å²) in [4.78, 5) is 0. The van der Waals surface area contributed by atoms with Crippen molar-refractivity contribution in [2.45, 2.75) is 45.7 Å². The molecule has 2 heterocycles. The van der Waals surface area contributed by atoms with Gasteiger partial charge in [0.2, 0.25) is 0 Å². The van der Waals surface area contributed by atoms with E-state index >= 15 is 0 Å². The summed E-state index contributed by atoms with van der Waals surface area (Å²) < 4.78 is 7.60. The van der Waals surface area contributed by atoms with Gasteiger partial charge in [-0.25, -0.2) is 0 Å². The Morgan fingerprint density at radius 2 is 2.06 bits per heavy atom. The van der Waals surface area contributed by atoms with Crippen molar-refractivity contribution in [3.8, 4) is 0 Å². The third-order valence-corrected chi connectivity index (χ3v) is 3.17. The molecule has 1 saturated heterocycles. The van der Waals surface area contributed by atoms with Gasteiger partial charge in [0.25, 0.3) is 0 Å². The van der Waals surface area contributed by atoms with Crippen LogP contribution in [0.3, 0.4) is 0 Å². The Morgan fingerprint density at radius 3 is 2.65 bits per heavy atom. The van der Waals surface area contributed by atoms with Crippen LogP contribution in [0.5, 0.6) is 0 Å². The van der Waals surface area contributed by atoms with Crippen molar-refractivity contribution in [1.29, 1.82) is 0 Å². The van der Waals surface area contributed by atoms with Gasteiger partial charge < -0.3 is 15.0 Å². The Labute approximate surface area is 102 Å². The molecule has 1 aliphatic rings. The maximum Gasteiger partial charge on any atom is 0.146 e. The largest absolute Gasteiger partial charge is 0.381 e. The van der Waals surface area contributed by atoms with E-state index in [2.05, 4.69) is 28.6 Å². The molecule has 5 nitrogen and oxygen atoms in total. The van der Waals surface area contributed by atoms with Gasteiger partial charge in [-0.3, -0.25) is 0 Å². The van der Waals surface area contributed by atoms with Crippen LogP contribution in [0.1, 0.15) is 44.3 Å². The van der Waals surface area contributed by atoms with Gasteiger partial charge in [-0.05, 0) is 18.8 Å². The zero-order valence-electron chi connectivity index (χ0n) is 10.7. The van der Waals surface area contributed by atoms with E-state index in [0.29, 0.717) is 18.4 Å². The molecule has 2 rings (SSSR count). The van der Waals surface area contributed by atoms with Crippen LogP contribution in [-0.4, -0.2) is 28.0 Å². The van der Waals surface area contributed by atoms with E-state index in [9.17, 15) is 0 Å². The normalized spacial score (nSPS) is 17.9. The van der Waals surface area contributed by atoms with Crippen molar-refractivity contribution >= 4 is 0 Å². The van der Waals surface area contributed by atoms with Crippen molar-refractivity contribution in [2.24, 2.45) is 11.7 Å². The fraction of sp³-hybridized carbons (Fsp3) is 0.833. The molecule has 1 aromatic rings. The lowest BCUT2D eigenvalue weighted by molar-refractivity contribution is 0.0825. The molecule has 0 unspecified atom stereocenters. The number of hydrogen-bond donors (Lipinski definition) is 1. The van der Waals surface area contributed by atoms with Crippen LogP contribution >= 0.6 is 0 Å². The van der Waals surface area contributed by atoms with Gasteiger partial charge in [-0.1, -0.05) is 13.8 Å². The van der Waals surface area contributed by atoms with Crippen LogP contribution in [-0.2, 0) is 17.8 Å². The summed E-state index contributed by atoms with van der Waals surface area (Å²) in [6.45, 7) is 7.48. The van der Waals surface area contributed by atoms with Crippen molar-refractivity contribution in [1.82, 2.24) is 14.8 Å². The molecule has 0 bridgehead atoms. The highest BCUT2D eigenvalue weighted by atomic mass is 16.5. The molecule has 0 amide bonds. The molecule has 0 spiro atoms. The first kappa shape index (κ1) is 12.5. The quantitative estimate of drug-likeness (QED) is 0.858. The molecule has 0 aliphatic carbocycles. The first-order valence-corrected chi connectivity index (χ1v) is 6.42. The lowest BCUT2D eigenvalue weighted by Gasteiger charge is -2.23. The highest BCUT2D eigenvalue weighted by Gasteiger charge is 2.23. The summed E-state index contributed by atoms with van der Waals surface area (Å²) in [5.41, 5.74) is 5.72. The molecular weight excluding hydrogens is 216 g/mol. The molecule has 96 valence electrons. The number of hydrogen-bond acceptors (Lipinski definition) is 4. The zero-order valence-corrected chi connectivity index (χ0v) is 10.7. The Bertz CT molecular complexity index is 355. The number of aromatic nitrogens is 3. The Hall–Kier alpha value is -0.940. The minimum atomic E-state index is 0.461. The smallest absolute Gasteiger partial charge is 0.146 e. The molecule has 0 atom stereocenters. The summed E-state index contributed by atoms with van der Waals surface area (Å²) in [5.74, 6) is 3.06. The van der Waals surface area contributed by atoms with Crippen molar-refractivity contribution in [3.05, 3.63) is 11.6 Å². The molecular formula is C12H22N4O. The van der Waals surface area contributed by atoms with E-state index in [1.54, 1.807) is 0 Å². The minimum Gasteiger partial charge on any atom is -0.381 e. The van der Waals surface area contributed by atoms with E-state index < -0.39 is 0 Å². The second-order valence-electron chi connectivity index (χ2n) is 5.07. The SMILES string of the molecule is CC(C)Cn1c(CN)nnc1C1CCOCC1. The predicted molar refractivity (Wildman–Crippen MR) is 65.5 cm³/mol. The van der Waals surface area contributed by atoms with Crippen LogP contribution in [0.15, 0.2) is 0 Å². The molecule has 1 aromatic heterocycles. The fourth-order valence-electron chi connectivity index (χ4n) is 2.32. The molecule has 1 fully saturated rings. The van der Waals surface area contributed by atoms with Crippen molar-refractivity contribution < 1.29 is 4.74 Å². The summed E-state index contributed by atoms with van der Waals surface area (Å²) in [7, 11) is 0. The second kappa shape index (κ2) is 5.60. The third kappa shape index (κ3) is 2.84. The fourth-order valence-corrected chi connectivity index (χ4v) is 2.32. The minimum absolute atomic E-state index is 0.461. The highest BCUT2D eigenvalue weighted by molar-refractivity contribution is 5.03. The van der Waals surface area contributed by atoms with Gasteiger partial charge in [-0.2, -0.15) is 0 Å². The standard InChI is InChI=1S/C12H22N4O/c1-9(2)8-16-11(7-13)14-15-12(16)10-3-5-17-6-4-10/h9-10H,3-8,13H2,1-2H3. The van der Waals surface area contributed by atoms with Crippen LogP contribution in [0, 0.1) is 5.92 Å². The molecule has 1 aliphatic heterocycles. The Kier molecular flexibility index (Phi) is 4.12. The van der Waals surface area contributed by atoms with E-state index in [1.165, 1.54) is 0 Å². The van der Waals surface area contributed by atoms with E-state index in [-0.39, 0.29) is 0 Å². The van der Waals surface area contributed by atoms with Gasteiger partial charge >= 0.3 is 0 Å². The average molecular weight is 238 g/mol. The van der Waals surface area contributed by atoms with Crippen molar-refractivity contribution in [3.63, 3.8) is 0 Å². The molecule has 0 radical (unpaired) electrons. The maximum atomic E-state index is 5.72. The first-order chi connectivity index (χ1) is 8.22. The average Bonchev–Trinajstić information content (AvgIpc) is 2.72. The number of rotatable bonds is 4. The molecule has 0 aromatic carbocycles. The molecule has 2 N–H and O–H groups in total. The third-order valence-electron chi connectivity index (χ3n) is 3.17. The molecule has 0 saturated carbocycles. The van der Waals surface area contributed by atoms with Gasteiger partial charge in [0, 0.05) is 25.7 Å². The lowest BCUT2D eigenvalue weighted by Crippen LogP contribution is -2.21. The topological polar surface area (TPSA) is 66.0 Å². The second-order valence-corrected chi connectivity index (χ2v) is 5.07. The monoisotopic (exact) mass is 238 g/mol. The van der Waals surface area contributed by atoms with Gasteiger partial charge in [-0.15, -0.1) is 10.2 Å². The molecule has 5 heteroatoms. The highest BCUT2D eigenvalue weighted by Crippen LogP contribution is 2.26. The van der Waals surface area contributed by atoms with Crippen molar-refractivity contribution in [2.75, 3.05) is 13.2 Å². The van der Waals surface area contributed by atoms with Crippen LogP contribution in [0.2, 0.25) is 0 Å². The van der Waals surface area contributed by atoms with Crippen LogP contribution in [0.25, 0.3) is 0 Å². The Balaban J connectivity index is 2.22. The number of nitrogens with two attached hydrogens (primary N) is 1. The van der Waals surface area contributed by atoms with Gasteiger partial charge in [0.1, 0.15) is 11.6 Å². The summed E-state index contributed by atoms with van der Waals surface area (Å²) >= 11 is 0. The van der Waals surface area contributed by atoms with E-state index in [1.807, 2.05) is 0 Å². The summed E-state index contributed by atoms with van der Waals surface area (Å²) in [6, 6.07) is 0. The van der Waals surface area contributed by atoms with Crippen LogP contribution in [0.4, 0.5) is 0 Å². The van der Waals surface area contributed by atoms with E-state index in [0.717, 1.165) is 44.2 Å². The van der Waals surface area contributed by atoms with Gasteiger partial charge in [0.15, 0.2) is 0 Å². The summed E-state index contributed by atoms with van der Waals surface area (Å²) in [5, 5.41) is 8.55. The van der Waals surface area contributed by atoms with Crippen LogP contribution < -0.4 is 5.73 Å². The number of ether oxygens (including phenoxy) is 1. The first-order valence-electron chi connectivity index (χ1n) is 6.42. The zero-order chi connectivity index (χ0) is 12.3. The molecule has 17 heavy (non-hydrogen) atoms. The predicted octanol–water partition coefficient (Wildman–Crippen LogP) is 1.29. The number of nitrogens with zero attached hydrogens (tertiary/aromatic N) is 3. The van der Waals surface area contributed by atoms with E-state index in [4.69, 9.17) is 10.5 Å². The lowest BCUT2D eigenvalue weighted by atomic mass is 9.99. The van der Waals surface area contributed by atoms with Gasteiger partial charge in [0.05, 0.1) is 6.54 Å². The maximum absolute atomic E-state index is 5.72.